The van der Waals surface area contributed by atoms with Crippen molar-refractivity contribution in [1.82, 2.24) is 0 Å². The Labute approximate surface area is 95.5 Å². The van der Waals surface area contributed by atoms with Gasteiger partial charge in [-0.25, -0.2) is 0 Å². The molecule has 0 unspecified atom stereocenters. The molecule has 0 saturated heterocycles. The first-order valence-electron chi connectivity index (χ1n) is 5.23. The van der Waals surface area contributed by atoms with E-state index < -0.39 is 0 Å². The van der Waals surface area contributed by atoms with Crippen LogP contribution < -0.4 is 0 Å². The molecule has 0 N–H and O–H groups in total. The molecule has 0 nitrogen and oxygen atoms in total. The average molecular weight is 250 g/mol. The van der Waals surface area contributed by atoms with Crippen molar-refractivity contribution in [2.24, 2.45) is 5.92 Å². The maximum atomic E-state index is 3.48. The predicted octanol–water partition coefficient (Wildman–Crippen LogP) is 3.83. The monoisotopic (exact) mass is 249 g/mol. The van der Waals surface area contributed by atoms with Crippen LogP contribution in [0.25, 0.3) is 0 Å². The first-order chi connectivity index (χ1) is 6.66. The van der Waals surface area contributed by atoms with Crippen LogP contribution in [0.4, 0.5) is 0 Å². The molecule has 1 aliphatic carbocycles. The summed E-state index contributed by atoms with van der Waals surface area (Å²) in [7, 11) is 2.36. The van der Waals surface area contributed by atoms with Gasteiger partial charge in [0.1, 0.15) is 7.28 Å². The van der Waals surface area contributed by atoms with E-state index >= 15 is 0 Å². The van der Waals surface area contributed by atoms with Crippen molar-refractivity contribution in [3.8, 4) is 0 Å². The predicted molar refractivity (Wildman–Crippen MR) is 65.8 cm³/mol. The minimum absolute atomic E-state index is 0.292. The minimum atomic E-state index is 0.292. The highest BCUT2D eigenvalue weighted by Gasteiger charge is 2.41. The maximum absolute atomic E-state index is 3.48. The van der Waals surface area contributed by atoms with Crippen LogP contribution in [0.3, 0.4) is 0 Å². The fourth-order valence-electron chi connectivity index (χ4n) is 2.13. The van der Waals surface area contributed by atoms with Gasteiger partial charge in [-0.1, -0.05) is 54.7 Å². The summed E-state index contributed by atoms with van der Waals surface area (Å²) < 4.78 is 1.16. The summed E-state index contributed by atoms with van der Waals surface area (Å²) in [5, 5.41) is 0.292. The lowest BCUT2D eigenvalue weighted by Crippen LogP contribution is -2.30. The van der Waals surface area contributed by atoms with Crippen LogP contribution in [0.1, 0.15) is 25.3 Å². The number of hydrogen-bond donors (Lipinski definition) is 0. The molecular formula is C12H15BBr. The van der Waals surface area contributed by atoms with Crippen molar-refractivity contribution in [3.63, 3.8) is 0 Å². The van der Waals surface area contributed by atoms with Crippen molar-refractivity contribution in [3.05, 3.63) is 34.3 Å². The second kappa shape index (κ2) is 3.73. The summed E-state index contributed by atoms with van der Waals surface area (Å²) in [6.07, 6.45) is 2.77. The van der Waals surface area contributed by atoms with E-state index in [2.05, 4.69) is 61.2 Å². The number of hydrogen-bond acceptors (Lipinski definition) is 0. The molecule has 0 bridgehead atoms. The number of rotatable bonds is 3. The molecule has 1 aliphatic rings. The summed E-state index contributed by atoms with van der Waals surface area (Å²) in [5.41, 5.74) is 1.45. The largest absolute Gasteiger partial charge is 0.120 e. The molecule has 0 spiro atoms. The molecule has 73 valence electrons. The van der Waals surface area contributed by atoms with Gasteiger partial charge in [-0.3, -0.25) is 0 Å². The van der Waals surface area contributed by atoms with Gasteiger partial charge < -0.3 is 0 Å². The van der Waals surface area contributed by atoms with E-state index in [1.807, 2.05) is 0 Å². The second-order valence-corrected chi connectivity index (χ2v) is 5.27. The molecular weight excluding hydrogens is 235 g/mol. The third-order valence-corrected chi connectivity index (χ3v) is 4.02. The van der Waals surface area contributed by atoms with Crippen molar-refractivity contribution < 1.29 is 0 Å². The fraction of sp³-hybridized carbons (Fsp3) is 0.500. The Bertz CT molecular complexity index is 316. The van der Waals surface area contributed by atoms with Crippen LogP contribution in [0.2, 0.25) is 6.82 Å². The smallest absolute Gasteiger partial charge is 0.0911 e. The highest BCUT2D eigenvalue weighted by atomic mass is 79.9. The third-order valence-electron chi connectivity index (χ3n) is 3.49. The zero-order valence-corrected chi connectivity index (χ0v) is 10.3. The third kappa shape index (κ3) is 1.77. The molecule has 1 saturated carbocycles. The first kappa shape index (κ1) is 10.3. The second-order valence-electron chi connectivity index (χ2n) is 4.35. The van der Waals surface area contributed by atoms with Crippen LogP contribution in [-0.2, 0) is 5.31 Å². The number of benzene rings is 1. The van der Waals surface area contributed by atoms with E-state index in [0.717, 1.165) is 10.4 Å². The molecule has 2 rings (SSSR count). The van der Waals surface area contributed by atoms with Gasteiger partial charge in [0.25, 0.3) is 0 Å². The van der Waals surface area contributed by atoms with E-state index in [1.165, 1.54) is 18.4 Å². The van der Waals surface area contributed by atoms with Crippen LogP contribution >= 0.6 is 15.9 Å². The summed E-state index contributed by atoms with van der Waals surface area (Å²) in [4.78, 5) is 0. The lowest BCUT2D eigenvalue weighted by atomic mass is 9.49. The zero-order chi connectivity index (χ0) is 10.2. The quantitative estimate of drug-likeness (QED) is 0.715. The zero-order valence-electron chi connectivity index (χ0n) is 8.76. The van der Waals surface area contributed by atoms with Gasteiger partial charge in [0, 0.05) is 4.47 Å². The Morgan fingerprint density at radius 1 is 1.29 bits per heavy atom. The molecule has 0 heterocycles. The van der Waals surface area contributed by atoms with Gasteiger partial charge in [0.15, 0.2) is 0 Å². The number of halogens is 1. The Kier molecular flexibility index (Phi) is 2.74. The van der Waals surface area contributed by atoms with Gasteiger partial charge in [-0.15, -0.1) is 0 Å². The average Bonchev–Trinajstić information content (AvgIpc) is 3.01. The van der Waals surface area contributed by atoms with Gasteiger partial charge in [0.2, 0.25) is 0 Å². The van der Waals surface area contributed by atoms with Gasteiger partial charge in [-0.05, 0) is 28.9 Å². The lowest BCUT2D eigenvalue weighted by Gasteiger charge is -2.28. The summed E-state index contributed by atoms with van der Waals surface area (Å²) >= 11 is 3.48. The van der Waals surface area contributed by atoms with Crippen molar-refractivity contribution in [2.45, 2.75) is 31.9 Å². The molecule has 2 heteroatoms. The topological polar surface area (TPSA) is 0 Å². The molecule has 0 aliphatic heterocycles. The summed E-state index contributed by atoms with van der Waals surface area (Å²) in [6, 6.07) is 8.75. The van der Waals surface area contributed by atoms with E-state index in [-0.39, 0.29) is 0 Å². The van der Waals surface area contributed by atoms with Gasteiger partial charge in [0.05, 0.1) is 0 Å². The molecule has 1 aromatic rings. The van der Waals surface area contributed by atoms with Crippen molar-refractivity contribution >= 4 is 23.2 Å². The molecule has 14 heavy (non-hydrogen) atoms. The van der Waals surface area contributed by atoms with Crippen LogP contribution in [0, 0.1) is 5.92 Å². The molecule has 1 aromatic carbocycles. The Hall–Kier alpha value is -0.235. The molecule has 1 radical (unpaired) electrons. The molecule has 1 atom stereocenters. The van der Waals surface area contributed by atoms with Crippen molar-refractivity contribution in [2.75, 3.05) is 0 Å². The van der Waals surface area contributed by atoms with Crippen LogP contribution in [0.5, 0.6) is 0 Å². The normalized spacial score (nSPS) is 20.2. The van der Waals surface area contributed by atoms with E-state index in [9.17, 15) is 0 Å². The van der Waals surface area contributed by atoms with E-state index in [0.29, 0.717) is 5.31 Å². The highest BCUT2D eigenvalue weighted by molar-refractivity contribution is 9.10. The Balaban J connectivity index is 2.31. The van der Waals surface area contributed by atoms with Gasteiger partial charge >= 0.3 is 0 Å². The summed E-state index contributed by atoms with van der Waals surface area (Å²) in [6.45, 7) is 4.54. The molecule has 1 fully saturated rings. The SMILES string of the molecule is C[B][C@@](C)(c1ccc(Br)cc1)C1CC1. The van der Waals surface area contributed by atoms with Crippen molar-refractivity contribution in [1.29, 1.82) is 0 Å². The highest BCUT2D eigenvalue weighted by Crippen LogP contribution is 2.46. The van der Waals surface area contributed by atoms with Crippen LogP contribution in [0.15, 0.2) is 28.7 Å². The van der Waals surface area contributed by atoms with E-state index in [4.69, 9.17) is 0 Å². The Morgan fingerprint density at radius 3 is 2.29 bits per heavy atom. The molecule has 0 aromatic heterocycles. The first-order valence-corrected chi connectivity index (χ1v) is 6.02. The molecule has 0 amide bonds. The lowest BCUT2D eigenvalue weighted by molar-refractivity contribution is 0.577. The Morgan fingerprint density at radius 2 is 1.86 bits per heavy atom. The van der Waals surface area contributed by atoms with E-state index in [1.54, 1.807) is 0 Å². The van der Waals surface area contributed by atoms with Crippen LogP contribution in [-0.4, -0.2) is 7.28 Å². The summed E-state index contributed by atoms with van der Waals surface area (Å²) in [5.74, 6) is 0.869. The standard InChI is InChI=1S/C12H15BBr/c1-12(13-2,9-3-4-9)10-5-7-11(14)8-6-10/h5-9H,3-4H2,1-2H3/t12-/m1/s1. The maximum Gasteiger partial charge on any atom is 0.120 e. The fourth-order valence-corrected chi connectivity index (χ4v) is 2.39. The van der Waals surface area contributed by atoms with Gasteiger partial charge in [-0.2, -0.15) is 0 Å². The minimum Gasteiger partial charge on any atom is -0.0911 e.